The van der Waals surface area contributed by atoms with Gasteiger partial charge in [0.05, 0.1) is 0 Å². The molecule has 3 saturated carbocycles. The molecule has 0 spiro atoms. The molecule has 0 amide bonds. The summed E-state index contributed by atoms with van der Waals surface area (Å²) >= 11 is 12.3. The molecule has 0 aromatic rings. The van der Waals surface area contributed by atoms with Crippen molar-refractivity contribution in [3.8, 4) is 0 Å². The first-order valence-electron chi connectivity index (χ1n) is 5.00. The first-order valence-corrected chi connectivity index (χ1v) is 5.76. The fraction of sp³-hybridized carbons (Fsp3) is 0.900. The summed E-state index contributed by atoms with van der Waals surface area (Å²) in [4.78, 5) is 11.4. The number of Topliss-reactive ketones (excluding diaryl/α,β-unsaturated/α-hetero) is 1. The highest BCUT2D eigenvalue weighted by Crippen LogP contribution is 2.72. The predicted octanol–water partition coefficient (Wildman–Crippen LogP) is 2.94. The summed E-state index contributed by atoms with van der Waals surface area (Å²) in [6.07, 6.45) is 5.56. The van der Waals surface area contributed by atoms with Crippen LogP contribution >= 0.6 is 23.2 Å². The molecule has 0 aliphatic heterocycles. The van der Waals surface area contributed by atoms with Crippen LogP contribution in [0.1, 0.15) is 32.1 Å². The third-order valence-electron chi connectivity index (χ3n) is 4.00. The Morgan fingerprint density at radius 2 is 1.54 bits per heavy atom. The quantitative estimate of drug-likeness (QED) is 0.652. The zero-order valence-electron chi connectivity index (χ0n) is 7.35. The van der Waals surface area contributed by atoms with Gasteiger partial charge in [-0.25, -0.2) is 0 Å². The highest BCUT2D eigenvalue weighted by Gasteiger charge is 2.73. The number of hydrogen-bond donors (Lipinski definition) is 0. The molecule has 3 aliphatic rings. The molecule has 0 bridgehead atoms. The predicted molar refractivity (Wildman–Crippen MR) is 51.9 cm³/mol. The lowest BCUT2D eigenvalue weighted by Crippen LogP contribution is -2.60. The lowest BCUT2D eigenvalue weighted by molar-refractivity contribution is -0.137. The van der Waals surface area contributed by atoms with Gasteiger partial charge in [0.2, 0.25) is 0 Å². The van der Waals surface area contributed by atoms with Gasteiger partial charge in [0.15, 0.2) is 10.1 Å². The Morgan fingerprint density at radius 3 is 1.77 bits per heavy atom. The van der Waals surface area contributed by atoms with Crippen LogP contribution in [0.15, 0.2) is 0 Å². The Kier molecular flexibility index (Phi) is 1.48. The lowest BCUT2D eigenvalue weighted by Gasteiger charge is -2.51. The van der Waals surface area contributed by atoms with Crippen LogP contribution in [0.3, 0.4) is 0 Å². The Morgan fingerprint density at radius 1 is 1.08 bits per heavy atom. The lowest BCUT2D eigenvalue weighted by atomic mass is 9.60. The van der Waals surface area contributed by atoms with Crippen LogP contribution in [0.5, 0.6) is 0 Å². The molecule has 0 atom stereocenters. The van der Waals surface area contributed by atoms with E-state index in [1.165, 1.54) is 25.7 Å². The number of rotatable bonds is 2. The van der Waals surface area contributed by atoms with Crippen LogP contribution in [0, 0.1) is 17.3 Å². The van der Waals surface area contributed by atoms with Crippen molar-refractivity contribution in [2.45, 2.75) is 36.4 Å². The summed E-state index contributed by atoms with van der Waals surface area (Å²) < 4.78 is -1.03. The molecule has 0 saturated heterocycles. The van der Waals surface area contributed by atoms with Crippen LogP contribution < -0.4 is 0 Å². The van der Waals surface area contributed by atoms with E-state index in [9.17, 15) is 4.79 Å². The zero-order chi connectivity index (χ0) is 9.27. The van der Waals surface area contributed by atoms with E-state index < -0.39 is 4.33 Å². The Labute approximate surface area is 87.8 Å². The second-order valence-corrected chi connectivity index (χ2v) is 6.09. The molecule has 3 rings (SSSR count). The number of carbonyl (C=O) groups is 1. The van der Waals surface area contributed by atoms with Crippen molar-refractivity contribution in [3.63, 3.8) is 0 Å². The zero-order valence-corrected chi connectivity index (χ0v) is 8.87. The summed E-state index contributed by atoms with van der Waals surface area (Å²) in [6, 6.07) is 0. The second-order valence-electron chi connectivity index (χ2n) is 4.76. The van der Waals surface area contributed by atoms with Crippen molar-refractivity contribution in [1.29, 1.82) is 0 Å². The van der Waals surface area contributed by atoms with Gasteiger partial charge in [0.25, 0.3) is 0 Å². The molecule has 72 valence electrons. The van der Waals surface area contributed by atoms with Crippen molar-refractivity contribution < 1.29 is 4.79 Å². The molecule has 0 aromatic heterocycles. The Balaban J connectivity index is 1.96. The van der Waals surface area contributed by atoms with Crippen molar-refractivity contribution in [1.82, 2.24) is 0 Å². The van der Waals surface area contributed by atoms with E-state index in [-0.39, 0.29) is 11.2 Å². The van der Waals surface area contributed by atoms with Crippen LogP contribution in [0.25, 0.3) is 0 Å². The number of halogens is 2. The fourth-order valence-electron chi connectivity index (χ4n) is 2.97. The molecule has 3 fully saturated rings. The van der Waals surface area contributed by atoms with Gasteiger partial charge in [0.1, 0.15) is 0 Å². The molecule has 3 heteroatoms. The standard InChI is InChI=1S/C10H12Cl2O/c11-10(12)8(13)5-9(10,6-1-2-6)7-3-4-7/h6-7H,1-5H2. The minimum Gasteiger partial charge on any atom is -0.296 e. The molecule has 3 aliphatic carbocycles. The maximum Gasteiger partial charge on any atom is 0.182 e. The van der Waals surface area contributed by atoms with Crippen molar-refractivity contribution in [2.75, 3.05) is 0 Å². The summed E-state index contributed by atoms with van der Waals surface area (Å²) in [5, 5.41) is 0. The van der Waals surface area contributed by atoms with Gasteiger partial charge < -0.3 is 0 Å². The Bertz CT molecular complexity index is 265. The number of carbonyl (C=O) groups excluding carboxylic acids is 1. The fourth-order valence-corrected chi connectivity index (χ4v) is 3.86. The van der Waals surface area contributed by atoms with Crippen molar-refractivity contribution in [2.24, 2.45) is 17.3 Å². The largest absolute Gasteiger partial charge is 0.296 e. The molecule has 13 heavy (non-hydrogen) atoms. The van der Waals surface area contributed by atoms with E-state index in [0.717, 1.165) is 0 Å². The summed E-state index contributed by atoms with van der Waals surface area (Å²) in [7, 11) is 0. The minimum absolute atomic E-state index is 0.00675. The van der Waals surface area contributed by atoms with Gasteiger partial charge in [-0.2, -0.15) is 0 Å². The molecule has 0 unspecified atom stereocenters. The minimum atomic E-state index is -1.03. The van der Waals surface area contributed by atoms with E-state index >= 15 is 0 Å². The number of alkyl halides is 2. The van der Waals surface area contributed by atoms with Gasteiger partial charge in [-0.1, -0.05) is 23.2 Å². The average Bonchev–Trinajstić information content (AvgIpc) is 2.90. The van der Waals surface area contributed by atoms with Gasteiger partial charge in [-0.05, 0) is 37.5 Å². The third kappa shape index (κ3) is 0.880. The van der Waals surface area contributed by atoms with E-state index in [0.29, 0.717) is 18.3 Å². The van der Waals surface area contributed by atoms with Crippen LogP contribution in [-0.2, 0) is 4.79 Å². The summed E-state index contributed by atoms with van der Waals surface area (Å²) in [6.45, 7) is 0. The van der Waals surface area contributed by atoms with Crippen LogP contribution in [-0.4, -0.2) is 10.1 Å². The molecule has 1 nitrogen and oxygen atoms in total. The van der Waals surface area contributed by atoms with Crippen molar-refractivity contribution >= 4 is 29.0 Å². The third-order valence-corrected chi connectivity index (χ3v) is 5.12. The maximum atomic E-state index is 11.4. The highest BCUT2D eigenvalue weighted by molar-refractivity contribution is 6.61. The normalized spacial score (nSPS) is 35.7. The monoisotopic (exact) mass is 218 g/mol. The van der Waals surface area contributed by atoms with Crippen molar-refractivity contribution in [3.05, 3.63) is 0 Å². The second kappa shape index (κ2) is 2.25. The summed E-state index contributed by atoms with van der Waals surface area (Å²) in [5.41, 5.74) is -0.00675. The molecular formula is C10H12Cl2O. The maximum absolute atomic E-state index is 11.4. The van der Waals surface area contributed by atoms with Gasteiger partial charge in [-0.15, -0.1) is 0 Å². The average molecular weight is 219 g/mol. The van der Waals surface area contributed by atoms with Gasteiger partial charge in [0, 0.05) is 11.8 Å². The topological polar surface area (TPSA) is 17.1 Å². The highest BCUT2D eigenvalue weighted by atomic mass is 35.5. The molecule has 0 radical (unpaired) electrons. The molecule has 0 aromatic carbocycles. The molecule has 0 N–H and O–H groups in total. The van der Waals surface area contributed by atoms with Crippen LogP contribution in [0.2, 0.25) is 0 Å². The SMILES string of the molecule is O=C1CC(C2CC2)(C2CC2)C1(Cl)Cl. The van der Waals surface area contributed by atoms with Gasteiger partial charge in [-0.3, -0.25) is 4.79 Å². The number of hydrogen-bond acceptors (Lipinski definition) is 1. The van der Waals surface area contributed by atoms with Crippen LogP contribution in [0.4, 0.5) is 0 Å². The van der Waals surface area contributed by atoms with E-state index in [1.807, 2.05) is 0 Å². The van der Waals surface area contributed by atoms with E-state index in [2.05, 4.69) is 0 Å². The molecule has 0 heterocycles. The first kappa shape index (κ1) is 8.55. The van der Waals surface area contributed by atoms with Gasteiger partial charge >= 0.3 is 0 Å². The smallest absolute Gasteiger partial charge is 0.182 e. The first-order chi connectivity index (χ1) is 6.09. The Hall–Kier alpha value is 0.250. The molecular weight excluding hydrogens is 207 g/mol. The van der Waals surface area contributed by atoms with E-state index in [4.69, 9.17) is 23.2 Å². The number of ketones is 1. The van der Waals surface area contributed by atoms with E-state index in [1.54, 1.807) is 0 Å². The summed E-state index contributed by atoms with van der Waals surface area (Å²) in [5.74, 6) is 1.34.